The Morgan fingerprint density at radius 2 is 2.23 bits per heavy atom. The molecule has 0 amide bonds. The molecule has 0 saturated carbocycles. The van der Waals surface area contributed by atoms with Crippen molar-refractivity contribution in [2.75, 3.05) is 13.2 Å². The van der Waals surface area contributed by atoms with Crippen LogP contribution in [0.5, 0.6) is 0 Å². The van der Waals surface area contributed by atoms with E-state index in [-0.39, 0.29) is 36.9 Å². The predicted octanol–water partition coefficient (Wildman–Crippen LogP) is 0.529. The molecular formula is C10H14O3. The minimum atomic E-state index is -0.132. The van der Waals surface area contributed by atoms with Crippen LogP contribution in [0, 0.1) is 11.8 Å². The third-order valence-electron chi connectivity index (χ3n) is 2.99. The molecule has 0 bridgehead atoms. The zero-order valence-corrected chi connectivity index (χ0v) is 7.48. The molecule has 13 heavy (non-hydrogen) atoms. The highest BCUT2D eigenvalue weighted by Gasteiger charge is 2.38. The highest BCUT2D eigenvalue weighted by molar-refractivity contribution is 5.83. The van der Waals surface area contributed by atoms with Gasteiger partial charge in [0.15, 0.2) is 5.78 Å². The third kappa shape index (κ3) is 1.54. The minimum Gasteiger partial charge on any atom is -0.394 e. The van der Waals surface area contributed by atoms with Crippen LogP contribution >= 0.6 is 0 Å². The molecule has 0 radical (unpaired) electrons. The first-order valence-electron chi connectivity index (χ1n) is 4.73. The van der Waals surface area contributed by atoms with Gasteiger partial charge in [-0.1, -0.05) is 12.2 Å². The summed E-state index contributed by atoms with van der Waals surface area (Å²) in [4.78, 5) is 11.4. The number of aliphatic hydroxyl groups is 1. The lowest BCUT2D eigenvalue weighted by atomic mass is 9.76. The van der Waals surface area contributed by atoms with Crippen molar-refractivity contribution in [3.05, 3.63) is 12.2 Å². The van der Waals surface area contributed by atoms with Crippen molar-refractivity contribution in [3.63, 3.8) is 0 Å². The zero-order valence-electron chi connectivity index (χ0n) is 7.48. The van der Waals surface area contributed by atoms with Crippen LogP contribution in [0.4, 0.5) is 0 Å². The molecule has 0 aromatic rings. The number of ether oxygens (including phenoxy) is 1. The van der Waals surface area contributed by atoms with Gasteiger partial charge in [-0.05, 0) is 12.8 Å². The summed E-state index contributed by atoms with van der Waals surface area (Å²) in [5, 5.41) is 9.06. The van der Waals surface area contributed by atoms with Crippen molar-refractivity contribution in [2.24, 2.45) is 11.8 Å². The number of aliphatic hydroxyl groups excluding tert-OH is 1. The van der Waals surface area contributed by atoms with Crippen LogP contribution in [-0.2, 0) is 9.53 Å². The van der Waals surface area contributed by atoms with Crippen LogP contribution in [0.1, 0.15) is 12.8 Å². The van der Waals surface area contributed by atoms with E-state index >= 15 is 0 Å². The maximum atomic E-state index is 11.4. The monoisotopic (exact) mass is 182 g/mol. The summed E-state index contributed by atoms with van der Waals surface area (Å²) < 4.78 is 5.28. The maximum absolute atomic E-state index is 11.4. The van der Waals surface area contributed by atoms with Crippen LogP contribution < -0.4 is 0 Å². The van der Waals surface area contributed by atoms with E-state index in [9.17, 15) is 4.79 Å². The Balaban J connectivity index is 2.15. The molecule has 1 saturated heterocycles. The number of allylic oxidation sites excluding steroid dienone is 2. The molecule has 1 N–H and O–H groups in total. The Morgan fingerprint density at radius 3 is 3.00 bits per heavy atom. The highest BCUT2D eigenvalue weighted by atomic mass is 16.5. The topological polar surface area (TPSA) is 46.5 Å². The first-order valence-corrected chi connectivity index (χ1v) is 4.73. The van der Waals surface area contributed by atoms with Gasteiger partial charge in [-0.25, -0.2) is 0 Å². The van der Waals surface area contributed by atoms with Crippen LogP contribution in [0.15, 0.2) is 12.2 Å². The van der Waals surface area contributed by atoms with Crippen molar-refractivity contribution >= 4 is 5.78 Å². The third-order valence-corrected chi connectivity index (χ3v) is 2.99. The second-order valence-corrected chi connectivity index (χ2v) is 3.71. The summed E-state index contributed by atoms with van der Waals surface area (Å²) >= 11 is 0. The fraction of sp³-hybridized carbons (Fsp3) is 0.700. The summed E-state index contributed by atoms with van der Waals surface area (Å²) in [6, 6.07) is 0. The molecule has 0 unspecified atom stereocenters. The standard InChI is InChI=1S/C10H14O3/c11-5-10-8-4-2-1-3-7(8)9(12)6-13-10/h1-2,7-8,10-11H,3-6H2/t7-,8-,10+/m0/s1. The second kappa shape index (κ2) is 3.60. The molecule has 1 fully saturated rings. The van der Waals surface area contributed by atoms with Gasteiger partial charge in [0.25, 0.3) is 0 Å². The van der Waals surface area contributed by atoms with E-state index in [1.165, 1.54) is 0 Å². The number of Topliss-reactive ketones (excluding diaryl/α,β-unsaturated/α-hetero) is 1. The summed E-state index contributed by atoms with van der Waals surface area (Å²) in [6.07, 6.45) is 5.68. The molecule has 3 atom stereocenters. The number of rotatable bonds is 1. The lowest BCUT2D eigenvalue weighted by Crippen LogP contribution is -2.45. The molecule has 2 rings (SSSR count). The molecule has 1 heterocycles. The number of ketones is 1. The molecule has 1 aliphatic carbocycles. The van der Waals surface area contributed by atoms with Gasteiger partial charge in [-0.15, -0.1) is 0 Å². The van der Waals surface area contributed by atoms with Crippen LogP contribution in [-0.4, -0.2) is 30.2 Å². The molecule has 0 aromatic carbocycles. The van der Waals surface area contributed by atoms with Gasteiger partial charge in [-0.2, -0.15) is 0 Å². The van der Waals surface area contributed by atoms with Gasteiger partial charge < -0.3 is 9.84 Å². The van der Waals surface area contributed by atoms with Crippen molar-refractivity contribution < 1.29 is 14.6 Å². The largest absolute Gasteiger partial charge is 0.394 e. The van der Waals surface area contributed by atoms with Crippen molar-refractivity contribution in [1.82, 2.24) is 0 Å². The second-order valence-electron chi connectivity index (χ2n) is 3.71. The average molecular weight is 182 g/mol. The number of hydrogen-bond acceptors (Lipinski definition) is 3. The Hall–Kier alpha value is -0.670. The lowest BCUT2D eigenvalue weighted by molar-refractivity contribution is -0.148. The summed E-state index contributed by atoms with van der Waals surface area (Å²) in [7, 11) is 0. The Labute approximate surface area is 77.4 Å². The smallest absolute Gasteiger partial charge is 0.162 e. The number of carbonyl (C=O) groups is 1. The molecule has 1 aliphatic heterocycles. The van der Waals surface area contributed by atoms with Crippen molar-refractivity contribution in [2.45, 2.75) is 18.9 Å². The predicted molar refractivity (Wildman–Crippen MR) is 47.2 cm³/mol. The van der Waals surface area contributed by atoms with Crippen molar-refractivity contribution in [1.29, 1.82) is 0 Å². The Bertz CT molecular complexity index is 234. The van der Waals surface area contributed by atoms with E-state index in [1.54, 1.807) is 0 Å². The maximum Gasteiger partial charge on any atom is 0.162 e. The molecule has 3 heteroatoms. The van der Waals surface area contributed by atoms with Gasteiger partial charge >= 0.3 is 0 Å². The Kier molecular flexibility index (Phi) is 2.47. The summed E-state index contributed by atoms with van der Waals surface area (Å²) in [6.45, 7) is 0.211. The van der Waals surface area contributed by atoms with E-state index in [4.69, 9.17) is 9.84 Å². The number of hydrogen-bond donors (Lipinski definition) is 1. The zero-order chi connectivity index (χ0) is 9.26. The summed E-state index contributed by atoms with van der Waals surface area (Å²) in [5.74, 6) is 0.492. The normalized spacial score (nSPS) is 38.8. The Morgan fingerprint density at radius 1 is 1.46 bits per heavy atom. The molecule has 3 nitrogen and oxygen atoms in total. The molecule has 0 aromatic heterocycles. The van der Waals surface area contributed by atoms with E-state index < -0.39 is 0 Å². The molecule has 2 aliphatic rings. The van der Waals surface area contributed by atoms with Gasteiger partial charge in [0.1, 0.15) is 6.61 Å². The van der Waals surface area contributed by atoms with Crippen LogP contribution in [0.25, 0.3) is 0 Å². The van der Waals surface area contributed by atoms with Gasteiger partial charge in [0.05, 0.1) is 12.7 Å². The van der Waals surface area contributed by atoms with Gasteiger partial charge in [-0.3, -0.25) is 4.79 Å². The number of carbonyl (C=O) groups excluding carboxylic acids is 1. The first-order chi connectivity index (χ1) is 6.33. The number of fused-ring (bicyclic) bond motifs is 1. The van der Waals surface area contributed by atoms with E-state index in [1.807, 2.05) is 0 Å². The summed E-state index contributed by atoms with van der Waals surface area (Å²) in [5.41, 5.74) is 0. The van der Waals surface area contributed by atoms with Gasteiger partial charge in [0, 0.05) is 11.8 Å². The lowest BCUT2D eigenvalue weighted by Gasteiger charge is -2.37. The average Bonchev–Trinajstić information content (AvgIpc) is 2.19. The van der Waals surface area contributed by atoms with E-state index in [0.717, 1.165) is 12.8 Å². The van der Waals surface area contributed by atoms with E-state index in [2.05, 4.69) is 12.2 Å². The van der Waals surface area contributed by atoms with Crippen LogP contribution in [0.2, 0.25) is 0 Å². The molecule has 0 spiro atoms. The highest BCUT2D eigenvalue weighted by Crippen LogP contribution is 2.33. The molecular weight excluding hydrogens is 168 g/mol. The minimum absolute atomic E-state index is 0.0300. The fourth-order valence-corrected chi connectivity index (χ4v) is 2.22. The first kappa shape index (κ1) is 8.91. The quantitative estimate of drug-likeness (QED) is 0.602. The van der Waals surface area contributed by atoms with Crippen LogP contribution in [0.3, 0.4) is 0 Å². The van der Waals surface area contributed by atoms with Crippen molar-refractivity contribution in [3.8, 4) is 0 Å². The molecule has 72 valence electrons. The van der Waals surface area contributed by atoms with Gasteiger partial charge in [0.2, 0.25) is 0 Å². The fourth-order valence-electron chi connectivity index (χ4n) is 2.22. The SMILES string of the molecule is O=C1CO[C@H](CO)[C@H]2CC=CC[C@H]12. The van der Waals surface area contributed by atoms with E-state index in [0.29, 0.717) is 0 Å².